The minimum atomic E-state index is -2.29. The van der Waals surface area contributed by atoms with E-state index in [-0.39, 0.29) is 86.2 Å². The van der Waals surface area contributed by atoms with Crippen molar-refractivity contribution in [2.45, 2.75) is 40.9 Å². The summed E-state index contributed by atoms with van der Waals surface area (Å²) in [6.07, 6.45) is 15.7. The van der Waals surface area contributed by atoms with Crippen LogP contribution in [0.4, 0.5) is 0 Å². The summed E-state index contributed by atoms with van der Waals surface area (Å²) in [6, 6.07) is 138. The van der Waals surface area contributed by atoms with E-state index in [2.05, 4.69) is 123 Å². The molecule has 0 spiro atoms. The largest absolute Gasteiger partial charge is 0.305 e. The maximum Gasteiger partial charge on any atom is 0.164 e. The van der Waals surface area contributed by atoms with Crippen LogP contribution in [0.1, 0.15) is 42.6 Å². The van der Waals surface area contributed by atoms with Crippen molar-refractivity contribution in [3.63, 3.8) is 0 Å². The predicted octanol–water partition coefficient (Wildman–Crippen LogP) is 24.6. The third-order valence-corrected chi connectivity index (χ3v) is 18.2. The van der Waals surface area contributed by atoms with Crippen molar-refractivity contribution in [3.05, 3.63) is 491 Å². The van der Waals surface area contributed by atoms with E-state index in [1.54, 1.807) is 49.4 Å². The number of hydrogen-bond donors (Lipinski definition) is 0. The smallest absolute Gasteiger partial charge is 0.164 e. The molecule has 0 bridgehead atoms. The number of aromatic nitrogens is 15. The van der Waals surface area contributed by atoms with Gasteiger partial charge in [0.15, 0.2) is 5.82 Å². The molecule has 15 nitrogen and oxygen atoms in total. The number of rotatable bonds is 13. The molecule has 0 fully saturated rings. The first-order valence-corrected chi connectivity index (χ1v) is 40.2. The second kappa shape index (κ2) is 54.9. The van der Waals surface area contributed by atoms with Gasteiger partial charge in [0, 0.05) is 177 Å². The van der Waals surface area contributed by atoms with Crippen LogP contribution in [-0.2, 0) is 86.8 Å². The van der Waals surface area contributed by atoms with Crippen LogP contribution in [0.3, 0.4) is 0 Å². The van der Waals surface area contributed by atoms with Crippen molar-refractivity contribution in [2.24, 2.45) is 0 Å². The molecule has 12 heterocycles. The fourth-order valence-electron chi connectivity index (χ4n) is 12.1. The Morgan fingerprint density at radius 2 is 0.531 bits per heavy atom. The second-order valence-corrected chi connectivity index (χ2v) is 27.2. The number of nitrogens with zero attached hydrogens (tertiary/aromatic N) is 15. The molecular formula is C111H85Ir4N15-8. The fraction of sp³-hybridized carbons (Fsp3) is 0.0541. The van der Waals surface area contributed by atoms with E-state index >= 15 is 0 Å². The molecule has 0 aliphatic carbocycles. The number of benzene rings is 8. The topological polar surface area (TPSA) is 193 Å². The molecule has 130 heavy (non-hydrogen) atoms. The van der Waals surface area contributed by atoms with E-state index in [4.69, 9.17) is 6.85 Å². The zero-order valence-electron chi connectivity index (χ0n) is 75.8. The Labute approximate surface area is 822 Å². The minimum absolute atomic E-state index is 0. The summed E-state index contributed by atoms with van der Waals surface area (Å²) in [6.45, 7) is 4.94. The van der Waals surface area contributed by atoms with Crippen LogP contribution in [0.2, 0.25) is 0 Å². The molecule has 4 radical (unpaired) electrons. The van der Waals surface area contributed by atoms with Gasteiger partial charge in [0.1, 0.15) is 17.5 Å². The van der Waals surface area contributed by atoms with Gasteiger partial charge in [-0.05, 0) is 151 Å². The summed E-state index contributed by atoms with van der Waals surface area (Å²) < 4.78 is 37.4. The Balaban J connectivity index is 0.000000174. The molecule has 20 aromatic rings. The van der Waals surface area contributed by atoms with Crippen molar-refractivity contribution in [3.8, 4) is 135 Å². The van der Waals surface area contributed by atoms with Crippen molar-refractivity contribution < 1.29 is 87.3 Å². The quantitative estimate of drug-likeness (QED) is 0.0989. The Morgan fingerprint density at radius 1 is 0.231 bits per heavy atom. The van der Waals surface area contributed by atoms with Gasteiger partial charge >= 0.3 is 0 Å². The average molecular weight is 2400 g/mol. The molecule has 0 aliphatic rings. The average Bonchev–Trinajstić information content (AvgIpc) is 0.821. The van der Waals surface area contributed by atoms with Crippen LogP contribution >= 0.6 is 0 Å². The first kappa shape index (κ1) is 92.1. The fourth-order valence-corrected chi connectivity index (χ4v) is 12.1. The maximum absolute atomic E-state index is 7.80. The standard InChI is InChI=1S/C18H15N2.C17H13N2.C16H13N4.C16H12N3.4C11H8N.4Ir/c1-2-16-9-6-10-17(20-16)15-11-12-19-18(13-15)14-7-4-3-5-8-14;1-13-6-5-9-16(19-13)15-10-11-18-17(12-15)14-7-3-2-4-8-14;1-11-18-12(2)20-16(19-11)14-8-9-15(17-10-14)13-6-4-3-5-7-13;1-12-17-10-15(11-18-12)14-7-8-16(19-9-14)13-5-3-2-4-6-13;4*1-2-6-10(7-3-1)11-8-4-5-9-12-11;;;;/h3-7,9-13H,2H2,1H3;2-7,9-12H,1H3;3-6,8-10H,1-2H3;2-5,7-11H,1H3;4*1-6,8-9H;;;;/q8*-1;;;;/i2D2;;;1D3;;;;;;;;. The Morgan fingerprint density at radius 3 is 0.831 bits per heavy atom. The van der Waals surface area contributed by atoms with E-state index in [0.717, 1.165) is 135 Å². The molecule has 8 aromatic carbocycles. The van der Waals surface area contributed by atoms with E-state index in [1.807, 2.05) is 373 Å². The number of pyridine rings is 10. The molecule has 0 unspecified atom stereocenters. The molecular weight excluding hydrogens is 2310 g/mol. The van der Waals surface area contributed by atoms with Crippen molar-refractivity contribution in [1.82, 2.24) is 74.8 Å². The van der Waals surface area contributed by atoms with Crippen molar-refractivity contribution in [2.75, 3.05) is 0 Å². The van der Waals surface area contributed by atoms with Crippen LogP contribution < -0.4 is 0 Å². The first-order chi connectivity index (χ1) is 64.0. The molecule has 0 saturated heterocycles. The molecule has 0 N–H and O–H groups in total. The summed E-state index contributed by atoms with van der Waals surface area (Å²) in [4.78, 5) is 64.1. The van der Waals surface area contributed by atoms with E-state index in [0.29, 0.717) is 23.2 Å². The van der Waals surface area contributed by atoms with Gasteiger partial charge in [0.25, 0.3) is 0 Å². The van der Waals surface area contributed by atoms with Crippen LogP contribution in [0.5, 0.6) is 0 Å². The third-order valence-electron chi connectivity index (χ3n) is 18.2. The van der Waals surface area contributed by atoms with E-state index in [9.17, 15) is 0 Å². The summed E-state index contributed by atoms with van der Waals surface area (Å²) in [5, 5.41) is 0. The van der Waals surface area contributed by atoms with E-state index in [1.165, 1.54) is 19.3 Å². The van der Waals surface area contributed by atoms with Gasteiger partial charge in [-0.15, -0.1) is 287 Å². The van der Waals surface area contributed by atoms with Crippen molar-refractivity contribution in [1.29, 1.82) is 0 Å². The van der Waals surface area contributed by atoms with Crippen molar-refractivity contribution >= 4 is 0 Å². The Bertz CT molecular complexity index is 6310. The van der Waals surface area contributed by atoms with Gasteiger partial charge in [0.05, 0.1) is 11.4 Å². The van der Waals surface area contributed by atoms with Gasteiger partial charge in [-0.1, -0.05) is 104 Å². The van der Waals surface area contributed by atoms with Crippen LogP contribution in [0.15, 0.2) is 414 Å². The predicted molar refractivity (Wildman–Crippen MR) is 503 cm³/mol. The molecule has 20 rings (SSSR count). The Hall–Kier alpha value is -14.1. The summed E-state index contributed by atoms with van der Waals surface area (Å²) >= 11 is 0. The van der Waals surface area contributed by atoms with E-state index < -0.39 is 13.2 Å². The molecule has 0 amide bonds. The summed E-state index contributed by atoms with van der Waals surface area (Å²) in [5.41, 5.74) is 22.9. The second-order valence-electron chi connectivity index (χ2n) is 27.2. The molecule has 12 aromatic heterocycles. The van der Waals surface area contributed by atoms with Crippen LogP contribution in [-0.4, -0.2) is 74.8 Å². The first-order valence-electron chi connectivity index (χ1n) is 42.7. The molecule has 0 aliphatic heterocycles. The minimum Gasteiger partial charge on any atom is -0.305 e. The zero-order chi connectivity index (χ0) is 91.1. The summed E-state index contributed by atoms with van der Waals surface area (Å²) in [7, 11) is 0. The van der Waals surface area contributed by atoms with Crippen LogP contribution in [0, 0.1) is 76.2 Å². The Kier molecular flexibility index (Phi) is 38.9. The van der Waals surface area contributed by atoms with Gasteiger partial charge < -0.3 is 39.9 Å². The molecule has 648 valence electrons. The third kappa shape index (κ3) is 31.8. The molecule has 0 saturated carbocycles. The number of hydrogen-bond acceptors (Lipinski definition) is 15. The van der Waals surface area contributed by atoms with Crippen LogP contribution in [0.25, 0.3) is 135 Å². The maximum atomic E-state index is 7.80. The summed E-state index contributed by atoms with van der Waals surface area (Å²) in [5.74, 6) is 1.94. The van der Waals surface area contributed by atoms with Gasteiger partial charge in [-0.3, -0.25) is 9.97 Å². The monoisotopic (exact) mass is 2400 g/mol. The SMILES string of the molecule is Cc1cccc(-c2ccnc(-c3[c-]cccc3)c2)n1.Cc1nc(C)nc(-c2ccc(-c3[c-]cccc3)nc2)n1.[2H]C([2H])(C)c1cccc(-c2ccnc(-c3[c-]cccc3)c2)n1.[2H]C([2H])([2H])c1ncc(-c2ccc(-c3[c-]cccc3)nc2)cn1.[Ir].[Ir].[Ir].[Ir].[c-]1ccccc1-c1ccccn1.[c-]1ccccc1-c1ccccn1.[c-]1ccccc1-c1ccccn1.[c-]1ccccc1-c1ccccn1. The van der Waals surface area contributed by atoms with Gasteiger partial charge in [0.2, 0.25) is 0 Å². The number of aryl methyl sites for hydroxylation is 5. The van der Waals surface area contributed by atoms with Gasteiger partial charge in [-0.25, -0.2) is 24.9 Å². The molecule has 19 heteroatoms. The van der Waals surface area contributed by atoms with Gasteiger partial charge in [-0.2, -0.15) is 0 Å². The normalized spacial score (nSPS) is 10.6. The molecule has 0 atom stereocenters. The zero-order valence-corrected chi connectivity index (χ0v) is 80.4.